The predicted octanol–water partition coefficient (Wildman–Crippen LogP) is 1.39. The molecule has 0 spiro atoms. The van der Waals surface area contributed by atoms with Crippen molar-refractivity contribution in [1.29, 1.82) is 0 Å². The predicted molar refractivity (Wildman–Crippen MR) is 38.6 cm³/mol. The third-order valence-corrected chi connectivity index (χ3v) is 0.651. The van der Waals surface area contributed by atoms with Crippen molar-refractivity contribution in [3.63, 3.8) is 0 Å². The summed E-state index contributed by atoms with van der Waals surface area (Å²) in [5.74, 6) is 0.567. The zero-order chi connectivity index (χ0) is 7.11. The molecule has 0 radical (unpaired) electrons. The monoisotopic (exact) mass is 125 g/mol. The molecule has 0 amide bonds. The molecule has 0 aliphatic carbocycles. The number of hydrogen-bond acceptors (Lipinski definition) is 2. The molecule has 50 valence electrons. The van der Waals surface area contributed by atoms with Crippen LogP contribution in [-0.4, -0.2) is 7.05 Å². The van der Waals surface area contributed by atoms with Crippen LogP contribution in [0.3, 0.4) is 0 Å². The topological polar surface area (TPSA) is 21.3 Å². The highest BCUT2D eigenvalue weighted by molar-refractivity contribution is 5.12. The average Bonchev–Trinajstić information content (AvgIpc) is 1.85. The van der Waals surface area contributed by atoms with Gasteiger partial charge in [0.1, 0.15) is 5.76 Å². The van der Waals surface area contributed by atoms with Gasteiger partial charge < -0.3 is 4.84 Å². The molecule has 0 bridgehead atoms. The van der Waals surface area contributed by atoms with Gasteiger partial charge in [0.2, 0.25) is 0 Å². The van der Waals surface area contributed by atoms with Crippen molar-refractivity contribution in [1.82, 2.24) is 5.48 Å². The first-order valence-electron chi connectivity index (χ1n) is 2.63. The number of hydroxylamine groups is 1. The molecule has 2 heteroatoms. The SMILES string of the molecule is C=C/C=C\C(=C)ONC. The lowest BCUT2D eigenvalue weighted by molar-refractivity contribution is 0.138. The maximum absolute atomic E-state index is 4.76. The fraction of sp³-hybridized carbons (Fsp3) is 0.143. The van der Waals surface area contributed by atoms with Crippen LogP contribution in [0.25, 0.3) is 0 Å². The van der Waals surface area contributed by atoms with E-state index in [0.29, 0.717) is 5.76 Å². The molecule has 0 atom stereocenters. The van der Waals surface area contributed by atoms with Crippen LogP contribution >= 0.6 is 0 Å². The number of nitrogens with one attached hydrogen (secondary N) is 1. The summed E-state index contributed by atoms with van der Waals surface area (Å²) in [5.41, 5.74) is 2.49. The highest BCUT2D eigenvalue weighted by Crippen LogP contribution is 1.90. The first-order chi connectivity index (χ1) is 4.31. The second-order valence-electron chi connectivity index (χ2n) is 1.37. The van der Waals surface area contributed by atoms with Crippen molar-refractivity contribution in [2.24, 2.45) is 0 Å². The first kappa shape index (κ1) is 7.98. The Hall–Kier alpha value is -1.02. The summed E-state index contributed by atoms with van der Waals surface area (Å²) < 4.78 is 0. The number of hydrogen-bond donors (Lipinski definition) is 1. The molecule has 0 aliphatic heterocycles. The van der Waals surface area contributed by atoms with Gasteiger partial charge in [-0.2, -0.15) is 5.48 Å². The molecule has 0 aromatic heterocycles. The lowest BCUT2D eigenvalue weighted by Gasteiger charge is -1.98. The number of allylic oxidation sites excluding steroid dienone is 3. The second-order valence-corrected chi connectivity index (χ2v) is 1.37. The summed E-state index contributed by atoms with van der Waals surface area (Å²) in [4.78, 5) is 4.76. The van der Waals surface area contributed by atoms with Gasteiger partial charge in [-0.1, -0.05) is 25.3 Å². The van der Waals surface area contributed by atoms with Crippen molar-refractivity contribution < 1.29 is 4.84 Å². The Morgan fingerprint density at radius 1 is 1.67 bits per heavy atom. The van der Waals surface area contributed by atoms with Crippen LogP contribution in [0.5, 0.6) is 0 Å². The minimum absolute atomic E-state index is 0.567. The van der Waals surface area contributed by atoms with Gasteiger partial charge in [0, 0.05) is 7.05 Å². The van der Waals surface area contributed by atoms with Crippen LogP contribution in [0.2, 0.25) is 0 Å². The minimum atomic E-state index is 0.567. The van der Waals surface area contributed by atoms with E-state index in [9.17, 15) is 0 Å². The molecule has 1 N–H and O–H groups in total. The van der Waals surface area contributed by atoms with Gasteiger partial charge in [0.05, 0.1) is 0 Å². The highest BCUT2D eigenvalue weighted by Gasteiger charge is 1.80. The van der Waals surface area contributed by atoms with Crippen molar-refractivity contribution in [2.45, 2.75) is 0 Å². The van der Waals surface area contributed by atoms with Crippen LogP contribution in [0.15, 0.2) is 37.1 Å². The molecule has 0 fully saturated rings. The van der Waals surface area contributed by atoms with Crippen LogP contribution in [0, 0.1) is 0 Å². The summed E-state index contributed by atoms with van der Waals surface area (Å²) in [6, 6.07) is 0. The molecular weight excluding hydrogens is 114 g/mol. The molecule has 0 heterocycles. The zero-order valence-corrected chi connectivity index (χ0v) is 5.55. The number of rotatable bonds is 4. The quantitative estimate of drug-likeness (QED) is 0.348. The molecule has 9 heavy (non-hydrogen) atoms. The van der Waals surface area contributed by atoms with E-state index >= 15 is 0 Å². The lowest BCUT2D eigenvalue weighted by Crippen LogP contribution is -2.04. The van der Waals surface area contributed by atoms with Gasteiger partial charge in [0.25, 0.3) is 0 Å². The molecule has 0 saturated carbocycles. The maximum atomic E-state index is 4.76. The summed E-state index contributed by atoms with van der Waals surface area (Å²) in [6.45, 7) is 7.05. The molecule has 0 aliphatic rings. The highest BCUT2D eigenvalue weighted by atomic mass is 16.6. The van der Waals surface area contributed by atoms with Crippen LogP contribution in [0.1, 0.15) is 0 Å². The van der Waals surface area contributed by atoms with E-state index in [2.05, 4.69) is 18.6 Å². The Kier molecular flexibility index (Phi) is 4.54. The van der Waals surface area contributed by atoms with E-state index in [0.717, 1.165) is 0 Å². The van der Waals surface area contributed by atoms with E-state index in [4.69, 9.17) is 4.84 Å². The van der Waals surface area contributed by atoms with Crippen LogP contribution < -0.4 is 5.48 Å². The van der Waals surface area contributed by atoms with E-state index in [1.54, 1.807) is 25.3 Å². The molecular formula is C7H11NO. The van der Waals surface area contributed by atoms with E-state index in [1.807, 2.05) is 0 Å². The standard InChI is InChI=1S/C7H11NO/c1-4-5-6-7(2)9-8-3/h4-6,8H,1-2H2,3H3/b6-5-. The lowest BCUT2D eigenvalue weighted by atomic mass is 10.4. The Morgan fingerprint density at radius 3 is 2.78 bits per heavy atom. The maximum Gasteiger partial charge on any atom is 0.139 e. The van der Waals surface area contributed by atoms with Gasteiger partial charge >= 0.3 is 0 Å². The van der Waals surface area contributed by atoms with Gasteiger partial charge in [0.15, 0.2) is 0 Å². The zero-order valence-electron chi connectivity index (χ0n) is 5.55. The van der Waals surface area contributed by atoms with E-state index in [-0.39, 0.29) is 0 Å². The largest absolute Gasteiger partial charge is 0.410 e. The Labute approximate surface area is 55.5 Å². The minimum Gasteiger partial charge on any atom is -0.410 e. The first-order valence-corrected chi connectivity index (χ1v) is 2.63. The second kappa shape index (κ2) is 5.12. The van der Waals surface area contributed by atoms with Crippen molar-refractivity contribution in [2.75, 3.05) is 7.05 Å². The van der Waals surface area contributed by atoms with Crippen LogP contribution in [0.4, 0.5) is 0 Å². The average molecular weight is 125 g/mol. The fourth-order valence-corrected chi connectivity index (χ4v) is 0.340. The van der Waals surface area contributed by atoms with E-state index in [1.165, 1.54) is 0 Å². The fourth-order valence-electron chi connectivity index (χ4n) is 0.340. The summed E-state index contributed by atoms with van der Waals surface area (Å²) in [7, 11) is 1.67. The third kappa shape index (κ3) is 4.84. The summed E-state index contributed by atoms with van der Waals surface area (Å²) >= 11 is 0. The Morgan fingerprint density at radius 2 is 2.33 bits per heavy atom. The van der Waals surface area contributed by atoms with Gasteiger partial charge in [-0.25, -0.2) is 0 Å². The molecule has 0 rings (SSSR count). The molecule has 2 nitrogen and oxygen atoms in total. The molecule has 0 aromatic rings. The molecule has 0 unspecified atom stereocenters. The molecule has 0 aromatic carbocycles. The van der Waals surface area contributed by atoms with Crippen molar-refractivity contribution >= 4 is 0 Å². The smallest absolute Gasteiger partial charge is 0.139 e. The van der Waals surface area contributed by atoms with Gasteiger partial charge in [-0.05, 0) is 6.08 Å². The van der Waals surface area contributed by atoms with Crippen LogP contribution in [-0.2, 0) is 4.84 Å². The Bertz CT molecular complexity index is 127. The normalized spacial score (nSPS) is 9.44. The third-order valence-electron chi connectivity index (χ3n) is 0.651. The van der Waals surface area contributed by atoms with Gasteiger partial charge in [-0.3, -0.25) is 0 Å². The van der Waals surface area contributed by atoms with Gasteiger partial charge in [-0.15, -0.1) is 0 Å². The molecule has 0 saturated heterocycles. The summed E-state index contributed by atoms with van der Waals surface area (Å²) in [5, 5.41) is 0. The summed E-state index contributed by atoms with van der Waals surface area (Å²) in [6.07, 6.45) is 5.12. The Balaban J connectivity index is 3.49. The van der Waals surface area contributed by atoms with Crippen molar-refractivity contribution in [3.8, 4) is 0 Å². The van der Waals surface area contributed by atoms with E-state index < -0.39 is 0 Å². The van der Waals surface area contributed by atoms with Crippen molar-refractivity contribution in [3.05, 3.63) is 37.1 Å².